The Kier molecular flexibility index (Phi) is 5.50. The summed E-state index contributed by atoms with van der Waals surface area (Å²) in [7, 11) is 0. The molecule has 114 valence electrons. The number of hydrogen-bond donors (Lipinski definition) is 2. The van der Waals surface area contributed by atoms with E-state index in [4.69, 9.17) is 4.74 Å². The Morgan fingerprint density at radius 1 is 1.29 bits per heavy atom. The monoisotopic (exact) mass is 291 g/mol. The molecule has 0 aliphatic carbocycles. The van der Waals surface area contributed by atoms with Crippen molar-refractivity contribution in [2.24, 2.45) is 0 Å². The van der Waals surface area contributed by atoms with Gasteiger partial charge in [-0.25, -0.2) is 0 Å². The second kappa shape index (κ2) is 7.36. The molecule has 5 heteroatoms. The van der Waals surface area contributed by atoms with Gasteiger partial charge >= 0.3 is 5.97 Å². The number of hydrogen-bond acceptors (Lipinski definition) is 5. The summed E-state index contributed by atoms with van der Waals surface area (Å²) in [6, 6.07) is 9.52. The zero-order chi connectivity index (χ0) is 15.2. The molecule has 0 unspecified atom stereocenters. The van der Waals surface area contributed by atoms with E-state index < -0.39 is 6.29 Å². The summed E-state index contributed by atoms with van der Waals surface area (Å²) in [6.45, 7) is 3.38. The molecule has 0 spiro atoms. The maximum absolute atomic E-state index is 11.8. The Morgan fingerprint density at radius 3 is 2.57 bits per heavy atom. The van der Waals surface area contributed by atoms with Crippen LogP contribution in [0.3, 0.4) is 0 Å². The summed E-state index contributed by atoms with van der Waals surface area (Å²) >= 11 is 0. The van der Waals surface area contributed by atoms with Crippen LogP contribution in [0.2, 0.25) is 0 Å². The highest BCUT2D eigenvalue weighted by molar-refractivity contribution is 5.72. The summed E-state index contributed by atoms with van der Waals surface area (Å²) in [5.74, 6) is -0.303. The van der Waals surface area contributed by atoms with Gasteiger partial charge in [0.2, 0.25) is 0 Å². The third-order valence-corrected chi connectivity index (χ3v) is 3.60. The van der Waals surface area contributed by atoms with Gasteiger partial charge in [-0.2, -0.15) is 0 Å². The van der Waals surface area contributed by atoms with E-state index in [2.05, 4.69) is 0 Å². The molecule has 21 heavy (non-hydrogen) atoms. The third kappa shape index (κ3) is 4.39. The van der Waals surface area contributed by atoms with Gasteiger partial charge in [-0.3, -0.25) is 9.69 Å². The van der Waals surface area contributed by atoms with E-state index in [9.17, 15) is 15.0 Å². The SMILES string of the molecule is CCC1=C(C(O)O)CN(CC(=O)OCc2ccccc2)C1. The van der Waals surface area contributed by atoms with Gasteiger partial charge in [-0.1, -0.05) is 42.8 Å². The van der Waals surface area contributed by atoms with E-state index in [1.807, 2.05) is 42.2 Å². The van der Waals surface area contributed by atoms with Crippen LogP contribution in [0, 0.1) is 0 Å². The minimum absolute atomic E-state index is 0.159. The average Bonchev–Trinajstić information content (AvgIpc) is 2.89. The number of aliphatic hydroxyl groups is 2. The molecular formula is C16H21NO4. The van der Waals surface area contributed by atoms with Gasteiger partial charge in [0.15, 0.2) is 6.29 Å². The molecular weight excluding hydrogens is 270 g/mol. The quantitative estimate of drug-likeness (QED) is 0.466. The predicted octanol–water partition coefficient (Wildman–Crippen LogP) is 1.06. The topological polar surface area (TPSA) is 70.0 Å². The lowest BCUT2D eigenvalue weighted by molar-refractivity contribution is -0.146. The predicted molar refractivity (Wildman–Crippen MR) is 78.2 cm³/mol. The fraction of sp³-hybridized carbons (Fsp3) is 0.438. The van der Waals surface area contributed by atoms with Crippen molar-refractivity contribution in [3.8, 4) is 0 Å². The van der Waals surface area contributed by atoms with Gasteiger partial charge in [0.1, 0.15) is 6.61 Å². The summed E-state index contributed by atoms with van der Waals surface area (Å²) in [6.07, 6.45) is -0.687. The van der Waals surface area contributed by atoms with Crippen LogP contribution in [0.5, 0.6) is 0 Å². The zero-order valence-corrected chi connectivity index (χ0v) is 12.2. The maximum atomic E-state index is 11.8. The first-order valence-electron chi connectivity index (χ1n) is 7.09. The fourth-order valence-corrected chi connectivity index (χ4v) is 2.46. The Bertz CT molecular complexity index is 510. The van der Waals surface area contributed by atoms with Crippen LogP contribution < -0.4 is 0 Å². The van der Waals surface area contributed by atoms with E-state index in [1.54, 1.807) is 0 Å². The summed E-state index contributed by atoms with van der Waals surface area (Å²) < 4.78 is 5.23. The largest absolute Gasteiger partial charge is 0.460 e. The normalized spacial score (nSPS) is 15.8. The van der Waals surface area contributed by atoms with E-state index in [0.29, 0.717) is 18.7 Å². The Morgan fingerprint density at radius 2 is 2.00 bits per heavy atom. The Hall–Kier alpha value is -1.69. The molecule has 2 rings (SSSR count). The van der Waals surface area contributed by atoms with Crippen LogP contribution in [0.1, 0.15) is 18.9 Å². The van der Waals surface area contributed by atoms with E-state index in [-0.39, 0.29) is 19.1 Å². The van der Waals surface area contributed by atoms with Gasteiger partial charge in [0, 0.05) is 13.1 Å². The van der Waals surface area contributed by atoms with Crippen molar-refractivity contribution in [1.29, 1.82) is 0 Å². The van der Waals surface area contributed by atoms with Crippen LogP contribution >= 0.6 is 0 Å². The van der Waals surface area contributed by atoms with E-state index in [0.717, 1.165) is 17.6 Å². The number of aliphatic hydroxyl groups excluding tert-OH is 1. The molecule has 1 aromatic rings. The molecule has 1 aliphatic rings. The third-order valence-electron chi connectivity index (χ3n) is 3.60. The van der Waals surface area contributed by atoms with Crippen LogP contribution in [0.15, 0.2) is 41.5 Å². The molecule has 0 saturated carbocycles. The molecule has 0 aromatic heterocycles. The van der Waals surface area contributed by atoms with Gasteiger partial charge in [0.25, 0.3) is 0 Å². The standard InChI is InChI=1S/C16H21NO4/c1-2-13-8-17(9-14(13)16(19)20)10-15(18)21-11-12-6-4-3-5-7-12/h3-7,16,19-20H,2,8-11H2,1H3. The Labute approximate surface area is 124 Å². The molecule has 5 nitrogen and oxygen atoms in total. The lowest BCUT2D eigenvalue weighted by atomic mass is 10.1. The highest BCUT2D eigenvalue weighted by Crippen LogP contribution is 2.22. The molecule has 1 heterocycles. The highest BCUT2D eigenvalue weighted by Gasteiger charge is 2.26. The number of rotatable bonds is 6. The van der Waals surface area contributed by atoms with Gasteiger partial charge in [0.05, 0.1) is 6.54 Å². The number of carbonyl (C=O) groups is 1. The average molecular weight is 291 g/mol. The first kappa shape index (κ1) is 15.7. The number of esters is 1. The lowest BCUT2D eigenvalue weighted by Gasteiger charge is -2.15. The zero-order valence-electron chi connectivity index (χ0n) is 12.2. The van der Waals surface area contributed by atoms with Crippen molar-refractivity contribution in [2.75, 3.05) is 19.6 Å². The minimum atomic E-state index is -1.44. The Balaban J connectivity index is 1.80. The van der Waals surface area contributed by atoms with Crippen molar-refractivity contribution in [3.05, 3.63) is 47.0 Å². The van der Waals surface area contributed by atoms with Crippen molar-refractivity contribution >= 4 is 5.97 Å². The molecule has 0 bridgehead atoms. The second-order valence-corrected chi connectivity index (χ2v) is 5.15. The number of nitrogens with zero attached hydrogens (tertiary/aromatic N) is 1. The summed E-state index contributed by atoms with van der Waals surface area (Å²) in [5.41, 5.74) is 2.54. The fourth-order valence-electron chi connectivity index (χ4n) is 2.46. The van der Waals surface area contributed by atoms with Crippen molar-refractivity contribution in [2.45, 2.75) is 26.2 Å². The van der Waals surface area contributed by atoms with E-state index in [1.165, 1.54) is 0 Å². The molecule has 0 amide bonds. The van der Waals surface area contributed by atoms with Crippen molar-refractivity contribution in [1.82, 2.24) is 4.90 Å². The highest BCUT2D eigenvalue weighted by atomic mass is 16.5. The second-order valence-electron chi connectivity index (χ2n) is 5.15. The molecule has 1 aromatic carbocycles. The van der Waals surface area contributed by atoms with Gasteiger partial charge in [-0.15, -0.1) is 0 Å². The molecule has 0 fully saturated rings. The maximum Gasteiger partial charge on any atom is 0.320 e. The van der Waals surface area contributed by atoms with E-state index >= 15 is 0 Å². The first-order valence-corrected chi connectivity index (χ1v) is 7.09. The van der Waals surface area contributed by atoms with Gasteiger partial charge < -0.3 is 14.9 Å². The van der Waals surface area contributed by atoms with Crippen molar-refractivity contribution in [3.63, 3.8) is 0 Å². The minimum Gasteiger partial charge on any atom is -0.460 e. The molecule has 2 N–H and O–H groups in total. The molecule has 0 atom stereocenters. The summed E-state index contributed by atoms with van der Waals surface area (Å²) in [5, 5.41) is 18.6. The summed E-state index contributed by atoms with van der Waals surface area (Å²) in [4.78, 5) is 13.7. The van der Waals surface area contributed by atoms with Crippen LogP contribution in [-0.2, 0) is 16.1 Å². The first-order chi connectivity index (χ1) is 10.1. The van der Waals surface area contributed by atoms with Gasteiger partial charge in [-0.05, 0) is 17.6 Å². The molecule has 1 aliphatic heterocycles. The van der Waals surface area contributed by atoms with Crippen LogP contribution in [0.25, 0.3) is 0 Å². The number of ether oxygens (including phenoxy) is 1. The van der Waals surface area contributed by atoms with Crippen LogP contribution in [0.4, 0.5) is 0 Å². The molecule has 0 radical (unpaired) electrons. The lowest BCUT2D eigenvalue weighted by Crippen LogP contribution is -2.30. The van der Waals surface area contributed by atoms with Crippen molar-refractivity contribution < 1.29 is 19.7 Å². The number of carbonyl (C=O) groups excluding carboxylic acids is 1. The molecule has 0 saturated heterocycles. The smallest absolute Gasteiger partial charge is 0.320 e. The van der Waals surface area contributed by atoms with Crippen LogP contribution in [-0.4, -0.2) is 47.0 Å². The number of benzene rings is 1.